The van der Waals surface area contributed by atoms with E-state index < -0.39 is 0 Å². The zero-order chi connectivity index (χ0) is 11.4. The molecule has 1 heterocycles. The van der Waals surface area contributed by atoms with Crippen LogP contribution in [0.1, 0.15) is 5.56 Å². The number of nitriles is 1. The number of halogens is 1. The fraction of sp³-hybridized carbons (Fsp3) is 0. The molecule has 2 rings (SSSR count). The topological polar surface area (TPSA) is 45.9 Å². The number of pyridine rings is 1. The number of rotatable bonds is 2. The Balaban J connectivity index is 2.27. The molecule has 0 radical (unpaired) electrons. The Bertz CT molecular complexity index is 531. The molecule has 0 aliphatic heterocycles. The standard InChI is InChI=1S/C12H7ClN2O/c13-10-5-6-12(15-8-10)16-11-4-2-1-3-9(11)7-14/h1-6,8H. The van der Waals surface area contributed by atoms with Gasteiger partial charge in [-0.3, -0.25) is 0 Å². The second kappa shape index (κ2) is 4.65. The number of benzene rings is 1. The van der Waals surface area contributed by atoms with Gasteiger partial charge < -0.3 is 4.74 Å². The highest BCUT2D eigenvalue weighted by atomic mass is 35.5. The largest absolute Gasteiger partial charge is 0.438 e. The van der Waals surface area contributed by atoms with Crippen LogP contribution >= 0.6 is 11.6 Å². The minimum atomic E-state index is 0.409. The van der Waals surface area contributed by atoms with Crippen LogP contribution in [-0.2, 0) is 0 Å². The Morgan fingerprint density at radius 2 is 2.00 bits per heavy atom. The second-order valence-corrected chi connectivity index (χ2v) is 3.46. The van der Waals surface area contributed by atoms with E-state index in [1.807, 2.05) is 6.07 Å². The summed E-state index contributed by atoms with van der Waals surface area (Å²) >= 11 is 5.70. The van der Waals surface area contributed by atoms with Crippen molar-refractivity contribution in [3.63, 3.8) is 0 Å². The summed E-state index contributed by atoms with van der Waals surface area (Å²) in [6.45, 7) is 0. The fourth-order valence-corrected chi connectivity index (χ4v) is 1.30. The number of ether oxygens (including phenoxy) is 1. The van der Waals surface area contributed by atoms with Crippen molar-refractivity contribution in [1.29, 1.82) is 5.26 Å². The van der Waals surface area contributed by atoms with Crippen molar-refractivity contribution in [2.24, 2.45) is 0 Å². The molecule has 0 saturated heterocycles. The van der Waals surface area contributed by atoms with E-state index in [0.29, 0.717) is 22.2 Å². The predicted octanol–water partition coefficient (Wildman–Crippen LogP) is 3.40. The lowest BCUT2D eigenvalue weighted by molar-refractivity contribution is 0.461. The third-order valence-electron chi connectivity index (χ3n) is 1.92. The SMILES string of the molecule is N#Cc1ccccc1Oc1ccc(Cl)cn1. The van der Waals surface area contributed by atoms with Crippen LogP contribution in [0, 0.1) is 11.3 Å². The lowest BCUT2D eigenvalue weighted by Gasteiger charge is -2.05. The van der Waals surface area contributed by atoms with E-state index in [9.17, 15) is 0 Å². The van der Waals surface area contributed by atoms with Crippen LogP contribution in [0.3, 0.4) is 0 Å². The summed E-state index contributed by atoms with van der Waals surface area (Å²) in [5.41, 5.74) is 0.472. The number of hydrogen-bond acceptors (Lipinski definition) is 3. The van der Waals surface area contributed by atoms with E-state index in [-0.39, 0.29) is 0 Å². The van der Waals surface area contributed by atoms with Crippen LogP contribution in [0.15, 0.2) is 42.6 Å². The van der Waals surface area contributed by atoms with Crippen molar-refractivity contribution in [2.45, 2.75) is 0 Å². The lowest BCUT2D eigenvalue weighted by Crippen LogP contribution is -1.89. The van der Waals surface area contributed by atoms with Gasteiger partial charge in [0.1, 0.15) is 11.8 Å². The van der Waals surface area contributed by atoms with Crippen molar-refractivity contribution in [3.8, 4) is 17.7 Å². The first-order chi connectivity index (χ1) is 7.79. The van der Waals surface area contributed by atoms with Gasteiger partial charge >= 0.3 is 0 Å². The zero-order valence-corrected chi connectivity index (χ0v) is 8.98. The maximum Gasteiger partial charge on any atom is 0.219 e. The monoisotopic (exact) mass is 230 g/mol. The Morgan fingerprint density at radius 3 is 2.69 bits per heavy atom. The van der Waals surface area contributed by atoms with E-state index in [1.54, 1.807) is 36.4 Å². The summed E-state index contributed by atoms with van der Waals surface area (Å²) in [6.07, 6.45) is 1.49. The molecule has 0 spiro atoms. The molecule has 0 bridgehead atoms. The Hall–Kier alpha value is -2.05. The molecule has 16 heavy (non-hydrogen) atoms. The molecule has 0 fully saturated rings. The highest BCUT2D eigenvalue weighted by Crippen LogP contribution is 2.23. The van der Waals surface area contributed by atoms with Crippen LogP contribution in [-0.4, -0.2) is 4.98 Å². The van der Waals surface area contributed by atoms with E-state index in [0.717, 1.165) is 0 Å². The molecular formula is C12H7ClN2O. The first kappa shape index (κ1) is 10.5. The summed E-state index contributed by atoms with van der Waals surface area (Å²) in [5.74, 6) is 0.895. The predicted molar refractivity (Wildman–Crippen MR) is 60.5 cm³/mol. The molecule has 0 saturated carbocycles. The van der Waals surface area contributed by atoms with E-state index in [4.69, 9.17) is 21.6 Å². The summed E-state index contributed by atoms with van der Waals surface area (Å²) < 4.78 is 5.46. The Morgan fingerprint density at radius 1 is 1.19 bits per heavy atom. The van der Waals surface area contributed by atoms with Gasteiger partial charge in [0.05, 0.1) is 10.6 Å². The van der Waals surface area contributed by atoms with Gasteiger partial charge in [-0.05, 0) is 18.2 Å². The maximum atomic E-state index is 8.87. The van der Waals surface area contributed by atoms with Gasteiger partial charge in [0.2, 0.25) is 5.88 Å². The molecule has 78 valence electrons. The van der Waals surface area contributed by atoms with Crippen molar-refractivity contribution >= 4 is 11.6 Å². The molecule has 3 nitrogen and oxygen atoms in total. The van der Waals surface area contributed by atoms with Gasteiger partial charge in [-0.25, -0.2) is 4.98 Å². The first-order valence-electron chi connectivity index (χ1n) is 4.58. The van der Waals surface area contributed by atoms with Gasteiger partial charge in [0.15, 0.2) is 0 Å². The van der Waals surface area contributed by atoms with E-state index in [1.165, 1.54) is 6.20 Å². The smallest absolute Gasteiger partial charge is 0.219 e. The number of para-hydroxylation sites is 1. The molecule has 1 aromatic heterocycles. The minimum absolute atomic E-state index is 0.409. The zero-order valence-electron chi connectivity index (χ0n) is 8.22. The maximum absolute atomic E-state index is 8.87. The van der Waals surface area contributed by atoms with Crippen LogP contribution in [0.4, 0.5) is 0 Å². The molecule has 0 amide bonds. The van der Waals surface area contributed by atoms with Crippen molar-refractivity contribution < 1.29 is 4.74 Å². The quantitative estimate of drug-likeness (QED) is 0.794. The van der Waals surface area contributed by atoms with Crippen LogP contribution in [0.5, 0.6) is 11.6 Å². The highest BCUT2D eigenvalue weighted by molar-refractivity contribution is 6.30. The average molecular weight is 231 g/mol. The van der Waals surface area contributed by atoms with Crippen molar-refractivity contribution in [2.75, 3.05) is 0 Å². The summed E-state index contributed by atoms with van der Waals surface area (Å²) in [7, 11) is 0. The molecule has 4 heteroatoms. The minimum Gasteiger partial charge on any atom is -0.438 e. The van der Waals surface area contributed by atoms with Crippen LogP contribution in [0.2, 0.25) is 5.02 Å². The first-order valence-corrected chi connectivity index (χ1v) is 4.96. The van der Waals surface area contributed by atoms with Crippen molar-refractivity contribution in [3.05, 3.63) is 53.2 Å². The molecular weight excluding hydrogens is 224 g/mol. The fourth-order valence-electron chi connectivity index (χ4n) is 1.18. The molecule has 0 unspecified atom stereocenters. The van der Waals surface area contributed by atoms with Crippen LogP contribution < -0.4 is 4.74 Å². The second-order valence-electron chi connectivity index (χ2n) is 3.02. The normalized spacial score (nSPS) is 9.50. The third kappa shape index (κ3) is 2.30. The van der Waals surface area contributed by atoms with E-state index in [2.05, 4.69) is 4.98 Å². The van der Waals surface area contributed by atoms with Gasteiger partial charge in [-0.1, -0.05) is 23.7 Å². The number of nitrogens with zero attached hydrogens (tertiary/aromatic N) is 2. The lowest BCUT2D eigenvalue weighted by atomic mass is 10.2. The number of aromatic nitrogens is 1. The molecule has 0 aliphatic rings. The van der Waals surface area contributed by atoms with Gasteiger partial charge in [0, 0.05) is 12.3 Å². The molecule has 2 aromatic rings. The van der Waals surface area contributed by atoms with Gasteiger partial charge in [-0.15, -0.1) is 0 Å². The van der Waals surface area contributed by atoms with Crippen molar-refractivity contribution in [1.82, 2.24) is 4.98 Å². The van der Waals surface area contributed by atoms with Gasteiger partial charge in [0.25, 0.3) is 0 Å². The highest BCUT2D eigenvalue weighted by Gasteiger charge is 2.03. The molecule has 0 N–H and O–H groups in total. The Labute approximate surface area is 97.9 Å². The molecule has 1 aromatic carbocycles. The van der Waals surface area contributed by atoms with Crippen LogP contribution in [0.25, 0.3) is 0 Å². The summed E-state index contributed by atoms with van der Waals surface area (Å²) in [5, 5.41) is 9.41. The Kier molecular flexibility index (Phi) is 3.04. The van der Waals surface area contributed by atoms with E-state index >= 15 is 0 Å². The molecule has 0 aliphatic carbocycles. The van der Waals surface area contributed by atoms with Gasteiger partial charge in [-0.2, -0.15) is 5.26 Å². The third-order valence-corrected chi connectivity index (χ3v) is 2.15. The molecule has 0 atom stereocenters. The summed E-state index contributed by atoms with van der Waals surface area (Å²) in [4.78, 5) is 3.99. The average Bonchev–Trinajstić information content (AvgIpc) is 2.33. The number of hydrogen-bond donors (Lipinski definition) is 0. The summed E-state index contributed by atoms with van der Waals surface area (Å²) in [6, 6.07) is 12.4.